The van der Waals surface area contributed by atoms with E-state index < -0.39 is 17.0 Å². The van der Waals surface area contributed by atoms with E-state index in [0.29, 0.717) is 11.3 Å². The van der Waals surface area contributed by atoms with Crippen molar-refractivity contribution < 1.29 is 8.78 Å². The van der Waals surface area contributed by atoms with E-state index in [2.05, 4.69) is 4.98 Å². The largest absolute Gasteiger partial charge is 0.295 e. The van der Waals surface area contributed by atoms with Gasteiger partial charge >= 0.3 is 0 Å². The molecule has 2 nitrogen and oxygen atoms in total. The number of nitrogens with zero attached hydrogens (tertiary/aromatic N) is 2. The van der Waals surface area contributed by atoms with E-state index in [1.54, 1.807) is 11.5 Å². The molecule has 1 aromatic heterocycles. The zero-order chi connectivity index (χ0) is 15.1. The average molecular weight is 307 g/mol. The number of fused-ring (bicyclic) bond motifs is 1. The van der Waals surface area contributed by atoms with Gasteiger partial charge in [0.05, 0.1) is 10.9 Å². The molecule has 0 aliphatic carbocycles. The Hall–Kier alpha value is -1.94. The van der Waals surface area contributed by atoms with Crippen molar-refractivity contribution in [2.24, 2.45) is 0 Å². The minimum absolute atomic E-state index is 0.125. The molecular weight excluding hydrogens is 294 g/mol. The van der Waals surface area contributed by atoms with Crippen LogP contribution in [0, 0.1) is 18.6 Å². The third-order valence-electron chi connectivity index (χ3n) is 3.32. The molecule has 1 atom stereocenters. The lowest BCUT2D eigenvalue weighted by atomic mass is 10.2. The fourth-order valence-corrected chi connectivity index (χ4v) is 2.57. The van der Waals surface area contributed by atoms with Gasteiger partial charge in [0.25, 0.3) is 0 Å². The van der Waals surface area contributed by atoms with Crippen molar-refractivity contribution >= 4 is 22.6 Å². The van der Waals surface area contributed by atoms with Gasteiger partial charge < -0.3 is 0 Å². The molecule has 0 aliphatic heterocycles. The Labute approximate surface area is 126 Å². The highest BCUT2D eigenvalue weighted by Gasteiger charge is 2.19. The lowest BCUT2D eigenvalue weighted by Crippen LogP contribution is -2.02. The van der Waals surface area contributed by atoms with Crippen molar-refractivity contribution in [1.82, 2.24) is 9.55 Å². The summed E-state index contributed by atoms with van der Waals surface area (Å²) in [6.45, 7) is 3.71. The minimum Gasteiger partial charge on any atom is -0.295 e. The Morgan fingerprint density at radius 2 is 1.95 bits per heavy atom. The summed E-state index contributed by atoms with van der Waals surface area (Å²) in [5.74, 6) is -0.834. The monoisotopic (exact) mass is 306 g/mol. The number of hydrogen-bond acceptors (Lipinski definition) is 1. The Balaban J connectivity index is 2.41. The number of benzene rings is 2. The number of aromatic nitrogens is 2. The maximum absolute atomic E-state index is 13.9. The normalized spacial score (nSPS) is 12.8. The van der Waals surface area contributed by atoms with Crippen LogP contribution in [-0.4, -0.2) is 9.55 Å². The number of aryl methyl sites for hydroxylation is 1. The second-order valence-electron chi connectivity index (χ2n) is 5.02. The summed E-state index contributed by atoms with van der Waals surface area (Å²) >= 11 is 6.16. The zero-order valence-electron chi connectivity index (χ0n) is 11.6. The second-order valence-corrected chi connectivity index (χ2v) is 5.67. The zero-order valence-corrected chi connectivity index (χ0v) is 12.3. The highest BCUT2D eigenvalue weighted by atomic mass is 35.5. The fraction of sp³-hybridized carbons (Fsp3) is 0.188. The summed E-state index contributed by atoms with van der Waals surface area (Å²) < 4.78 is 29.2. The van der Waals surface area contributed by atoms with Crippen LogP contribution in [0.4, 0.5) is 8.78 Å². The van der Waals surface area contributed by atoms with Crippen LogP contribution in [0.5, 0.6) is 0 Å². The minimum atomic E-state index is -0.685. The predicted octanol–water partition coefficient (Wildman–Crippen LogP) is 4.91. The summed E-state index contributed by atoms with van der Waals surface area (Å²) in [5, 5.41) is -0.430. The van der Waals surface area contributed by atoms with Crippen LogP contribution >= 0.6 is 11.6 Å². The van der Waals surface area contributed by atoms with E-state index in [1.807, 2.05) is 31.2 Å². The van der Waals surface area contributed by atoms with Crippen molar-refractivity contribution in [2.75, 3.05) is 0 Å². The molecule has 0 radical (unpaired) electrons. The van der Waals surface area contributed by atoms with Gasteiger partial charge in [0.2, 0.25) is 0 Å². The molecule has 0 spiro atoms. The topological polar surface area (TPSA) is 17.8 Å². The number of imidazole rings is 1. The standard InChI is InChI=1S/C16H13ClF2N2/c1-9-4-3-5-12(6-9)21-14-8-11(18)7-13(19)15(14)20-16(21)10(2)17/h3-8,10H,1-2H3. The van der Waals surface area contributed by atoms with E-state index in [-0.39, 0.29) is 5.52 Å². The van der Waals surface area contributed by atoms with Crippen molar-refractivity contribution in [1.29, 1.82) is 0 Å². The number of rotatable bonds is 2. The summed E-state index contributed by atoms with van der Waals surface area (Å²) in [6.07, 6.45) is 0. The van der Waals surface area contributed by atoms with Crippen LogP contribution in [0.2, 0.25) is 0 Å². The average Bonchev–Trinajstić information content (AvgIpc) is 2.78. The van der Waals surface area contributed by atoms with Gasteiger partial charge in [-0.1, -0.05) is 12.1 Å². The number of halogens is 3. The smallest absolute Gasteiger partial charge is 0.153 e. The first kappa shape index (κ1) is 14.0. The maximum atomic E-state index is 13.9. The van der Waals surface area contributed by atoms with Crippen LogP contribution in [0.1, 0.15) is 23.7 Å². The maximum Gasteiger partial charge on any atom is 0.153 e. The summed E-state index contributed by atoms with van der Waals surface area (Å²) in [7, 11) is 0. The molecule has 3 rings (SSSR count). The number of alkyl halides is 1. The summed E-state index contributed by atoms with van der Waals surface area (Å²) in [4.78, 5) is 4.25. The lowest BCUT2D eigenvalue weighted by molar-refractivity contribution is 0.590. The molecule has 0 saturated heterocycles. The number of hydrogen-bond donors (Lipinski definition) is 0. The predicted molar refractivity (Wildman–Crippen MR) is 80.0 cm³/mol. The Morgan fingerprint density at radius 1 is 1.19 bits per heavy atom. The van der Waals surface area contributed by atoms with Crippen molar-refractivity contribution in [3.8, 4) is 5.69 Å². The molecule has 5 heteroatoms. The summed E-state index contributed by atoms with van der Waals surface area (Å²) in [5.41, 5.74) is 2.32. The van der Waals surface area contributed by atoms with Gasteiger partial charge in [-0.15, -0.1) is 11.6 Å². The first-order valence-electron chi connectivity index (χ1n) is 6.56. The molecule has 108 valence electrons. The Kier molecular flexibility index (Phi) is 3.41. The van der Waals surface area contributed by atoms with E-state index in [1.165, 1.54) is 6.07 Å². The first-order valence-corrected chi connectivity index (χ1v) is 6.99. The Morgan fingerprint density at radius 3 is 2.62 bits per heavy atom. The fourth-order valence-electron chi connectivity index (χ4n) is 2.43. The highest BCUT2D eigenvalue weighted by Crippen LogP contribution is 2.30. The second kappa shape index (κ2) is 5.11. The van der Waals surface area contributed by atoms with E-state index in [0.717, 1.165) is 17.3 Å². The van der Waals surface area contributed by atoms with Crippen molar-refractivity contribution in [3.63, 3.8) is 0 Å². The van der Waals surface area contributed by atoms with Gasteiger partial charge in [-0.2, -0.15) is 0 Å². The molecule has 0 N–H and O–H groups in total. The third kappa shape index (κ3) is 2.40. The first-order chi connectivity index (χ1) is 9.97. The van der Waals surface area contributed by atoms with E-state index in [9.17, 15) is 8.78 Å². The molecule has 0 saturated carbocycles. The van der Waals surface area contributed by atoms with Crippen LogP contribution in [0.3, 0.4) is 0 Å². The molecular formula is C16H13ClF2N2. The van der Waals surface area contributed by atoms with Gasteiger partial charge in [0.1, 0.15) is 17.2 Å². The van der Waals surface area contributed by atoms with Crippen LogP contribution < -0.4 is 0 Å². The van der Waals surface area contributed by atoms with Crippen LogP contribution in [-0.2, 0) is 0 Å². The van der Waals surface area contributed by atoms with Gasteiger partial charge in [-0.3, -0.25) is 4.57 Å². The highest BCUT2D eigenvalue weighted by molar-refractivity contribution is 6.20. The molecule has 0 amide bonds. The van der Waals surface area contributed by atoms with Crippen molar-refractivity contribution in [3.05, 3.63) is 59.4 Å². The quantitative estimate of drug-likeness (QED) is 0.615. The van der Waals surface area contributed by atoms with Gasteiger partial charge in [0, 0.05) is 17.8 Å². The third-order valence-corrected chi connectivity index (χ3v) is 3.52. The molecule has 1 unspecified atom stereocenters. The van der Waals surface area contributed by atoms with E-state index in [4.69, 9.17) is 11.6 Å². The van der Waals surface area contributed by atoms with Gasteiger partial charge in [-0.05, 0) is 31.5 Å². The van der Waals surface area contributed by atoms with Crippen LogP contribution in [0.25, 0.3) is 16.7 Å². The van der Waals surface area contributed by atoms with E-state index >= 15 is 0 Å². The van der Waals surface area contributed by atoms with Crippen LogP contribution in [0.15, 0.2) is 36.4 Å². The summed E-state index contributed by atoms with van der Waals surface area (Å²) in [6, 6.07) is 9.73. The molecule has 2 aromatic carbocycles. The van der Waals surface area contributed by atoms with Gasteiger partial charge in [-0.25, -0.2) is 13.8 Å². The molecule has 0 fully saturated rings. The Bertz CT molecular complexity index is 825. The molecule has 21 heavy (non-hydrogen) atoms. The molecule has 0 aliphatic rings. The van der Waals surface area contributed by atoms with Crippen molar-refractivity contribution in [2.45, 2.75) is 19.2 Å². The molecule has 3 aromatic rings. The van der Waals surface area contributed by atoms with Gasteiger partial charge in [0.15, 0.2) is 5.82 Å². The lowest BCUT2D eigenvalue weighted by Gasteiger charge is -2.11. The molecule has 1 heterocycles. The SMILES string of the molecule is Cc1cccc(-n2c(C(C)Cl)nc3c(F)cc(F)cc32)c1. The molecule has 0 bridgehead atoms.